The van der Waals surface area contributed by atoms with Crippen LogP contribution in [0.15, 0.2) is 58.7 Å². The molecular formula is C23H32NO4S-. The number of carbonyl (C=O) groups is 2. The zero-order chi connectivity index (χ0) is 22.0. The third kappa shape index (κ3) is 9.33. The molecular weight excluding hydrogens is 386 g/mol. The van der Waals surface area contributed by atoms with E-state index in [0.29, 0.717) is 11.9 Å². The van der Waals surface area contributed by atoms with Gasteiger partial charge in [-0.2, -0.15) is 0 Å². The largest absolute Gasteiger partial charge is 0.772 e. The van der Waals surface area contributed by atoms with Crippen molar-refractivity contribution in [2.24, 2.45) is 5.41 Å². The minimum Gasteiger partial charge on any atom is -0.772 e. The quantitative estimate of drug-likeness (QED) is 0.265. The summed E-state index contributed by atoms with van der Waals surface area (Å²) in [6.07, 6.45) is 15.3. The summed E-state index contributed by atoms with van der Waals surface area (Å²) in [5.41, 5.74) is 4.87. The summed E-state index contributed by atoms with van der Waals surface area (Å²) < 4.78 is 21.3. The van der Waals surface area contributed by atoms with Gasteiger partial charge in [-0.1, -0.05) is 66.5 Å². The van der Waals surface area contributed by atoms with Crippen molar-refractivity contribution in [3.05, 3.63) is 58.7 Å². The Morgan fingerprint density at radius 3 is 2.55 bits per heavy atom. The fourth-order valence-electron chi connectivity index (χ4n) is 3.37. The molecule has 5 nitrogen and oxygen atoms in total. The van der Waals surface area contributed by atoms with E-state index in [4.69, 9.17) is 0 Å². The molecule has 1 aliphatic rings. The third-order valence-corrected chi connectivity index (χ3v) is 5.57. The fourth-order valence-corrected chi connectivity index (χ4v) is 3.83. The zero-order valence-corrected chi connectivity index (χ0v) is 18.8. The van der Waals surface area contributed by atoms with Gasteiger partial charge in [0, 0.05) is 11.8 Å². The van der Waals surface area contributed by atoms with Crippen LogP contribution < -0.4 is 5.32 Å². The summed E-state index contributed by atoms with van der Waals surface area (Å²) in [4.78, 5) is 22.7. The van der Waals surface area contributed by atoms with Crippen LogP contribution in [-0.4, -0.2) is 32.7 Å². The summed E-state index contributed by atoms with van der Waals surface area (Å²) in [5, 5.41) is 2.35. The Morgan fingerprint density at radius 2 is 1.97 bits per heavy atom. The van der Waals surface area contributed by atoms with Crippen LogP contribution in [-0.2, 0) is 20.7 Å². The Labute approximate surface area is 177 Å². The third-order valence-electron chi connectivity index (χ3n) is 4.94. The zero-order valence-electron chi connectivity index (χ0n) is 18.0. The van der Waals surface area contributed by atoms with Gasteiger partial charge in [-0.15, -0.1) is 0 Å². The van der Waals surface area contributed by atoms with E-state index in [0.717, 1.165) is 12.0 Å². The van der Waals surface area contributed by atoms with E-state index in [2.05, 4.69) is 38.2 Å². The molecule has 160 valence electrons. The molecule has 1 N–H and O–H groups in total. The lowest BCUT2D eigenvalue weighted by Gasteiger charge is -2.32. The van der Waals surface area contributed by atoms with Gasteiger partial charge in [0.25, 0.3) is 0 Å². The molecule has 1 rings (SSSR count). The van der Waals surface area contributed by atoms with Crippen molar-refractivity contribution in [3.63, 3.8) is 0 Å². The van der Waals surface area contributed by atoms with Crippen LogP contribution in [0.5, 0.6) is 0 Å². The first-order valence-electron chi connectivity index (χ1n) is 9.78. The number of amides is 1. The van der Waals surface area contributed by atoms with Crippen LogP contribution in [0.25, 0.3) is 0 Å². The molecule has 6 heteroatoms. The van der Waals surface area contributed by atoms with Gasteiger partial charge in [0.05, 0.1) is 6.04 Å². The average molecular weight is 419 g/mol. The molecule has 1 amide bonds. The maximum absolute atomic E-state index is 11.9. The molecule has 1 aliphatic carbocycles. The maximum Gasteiger partial charge on any atom is 0.244 e. The van der Waals surface area contributed by atoms with Crippen molar-refractivity contribution in [1.82, 2.24) is 5.32 Å². The minimum absolute atomic E-state index is 0.208. The predicted octanol–water partition coefficient (Wildman–Crippen LogP) is 4.08. The molecule has 0 saturated heterocycles. The highest BCUT2D eigenvalue weighted by atomic mass is 32.2. The smallest absolute Gasteiger partial charge is 0.244 e. The van der Waals surface area contributed by atoms with Gasteiger partial charge in [0.1, 0.15) is 6.29 Å². The monoisotopic (exact) mass is 418 g/mol. The standard InChI is InChI=1S/C23H33NO4S/c1-17(11-12-21-19(3)10-7-13-23(21,4)5)8-6-9-18(2)14-22(26)24-20(15-25)16-29(27)28/h6,8-9,11-12,14-15,20H,7,10,13,16H2,1-5H3,(H,24,26)(H,27,28)/p-1/b9-6+,12-11+,17-8+,18-14-/t20-/m1/s1. The van der Waals surface area contributed by atoms with Crippen LogP contribution >= 0.6 is 0 Å². The average Bonchev–Trinajstić information content (AvgIpc) is 2.59. The number of carbonyl (C=O) groups excluding carboxylic acids is 2. The number of aldehydes is 1. The van der Waals surface area contributed by atoms with Gasteiger partial charge in [-0.05, 0) is 56.6 Å². The second kappa shape index (κ2) is 11.8. The molecule has 0 bridgehead atoms. The van der Waals surface area contributed by atoms with Gasteiger partial charge >= 0.3 is 0 Å². The van der Waals surface area contributed by atoms with Gasteiger partial charge < -0.3 is 14.7 Å². The number of hydrogen-bond acceptors (Lipinski definition) is 4. The van der Waals surface area contributed by atoms with Gasteiger partial charge in [-0.3, -0.25) is 9.00 Å². The van der Waals surface area contributed by atoms with E-state index in [1.165, 1.54) is 30.1 Å². The predicted molar refractivity (Wildman–Crippen MR) is 118 cm³/mol. The molecule has 0 aromatic carbocycles. The topological polar surface area (TPSA) is 86.3 Å². The van der Waals surface area contributed by atoms with Crippen LogP contribution in [0, 0.1) is 5.41 Å². The van der Waals surface area contributed by atoms with Crippen molar-refractivity contribution in [3.8, 4) is 0 Å². The second-order valence-corrected chi connectivity index (χ2v) is 9.09. The lowest BCUT2D eigenvalue weighted by atomic mass is 9.72. The van der Waals surface area contributed by atoms with E-state index < -0.39 is 28.8 Å². The van der Waals surface area contributed by atoms with Gasteiger partial charge in [-0.25, -0.2) is 0 Å². The molecule has 0 fully saturated rings. The molecule has 0 radical (unpaired) electrons. The lowest BCUT2D eigenvalue weighted by Crippen LogP contribution is -2.39. The van der Waals surface area contributed by atoms with E-state index in [1.54, 1.807) is 13.0 Å². The van der Waals surface area contributed by atoms with Gasteiger partial charge in [0.15, 0.2) is 0 Å². The van der Waals surface area contributed by atoms with E-state index in [1.807, 2.05) is 19.1 Å². The molecule has 0 heterocycles. The van der Waals surface area contributed by atoms with E-state index >= 15 is 0 Å². The first-order chi connectivity index (χ1) is 13.5. The van der Waals surface area contributed by atoms with Crippen molar-refractivity contribution in [1.29, 1.82) is 0 Å². The Morgan fingerprint density at radius 1 is 1.28 bits per heavy atom. The van der Waals surface area contributed by atoms with Crippen LogP contribution in [0.4, 0.5) is 0 Å². The summed E-state index contributed by atoms with van der Waals surface area (Å²) >= 11 is -2.39. The normalized spacial score (nSPS) is 20.2. The van der Waals surface area contributed by atoms with E-state index in [9.17, 15) is 18.4 Å². The fraction of sp³-hybridized carbons (Fsp3) is 0.478. The number of allylic oxidation sites excluding steroid dienone is 9. The Kier molecular flexibility index (Phi) is 10.2. The Hall–Kier alpha value is -2.05. The molecule has 2 atom stereocenters. The molecule has 0 spiro atoms. The summed E-state index contributed by atoms with van der Waals surface area (Å²) in [6.45, 7) is 10.6. The SMILES string of the molecule is CC1=C(/C=C/C(C)=C/C=C/C(C)=C\C(=O)N[C@H](C=O)CS(=O)[O-])C(C)(C)CCC1. The van der Waals surface area contributed by atoms with Crippen LogP contribution in [0.1, 0.15) is 53.9 Å². The van der Waals surface area contributed by atoms with Crippen LogP contribution in [0.3, 0.4) is 0 Å². The number of nitrogens with one attached hydrogen (secondary N) is 1. The summed E-state index contributed by atoms with van der Waals surface area (Å²) in [6, 6.07) is -1.04. The molecule has 0 aromatic rings. The summed E-state index contributed by atoms with van der Waals surface area (Å²) in [5.74, 6) is -0.934. The molecule has 0 saturated carbocycles. The van der Waals surface area contributed by atoms with Gasteiger partial charge in [0.2, 0.25) is 5.91 Å². The first-order valence-corrected chi connectivity index (χ1v) is 11.0. The molecule has 0 aromatic heterocycles. The van der Waals surface area contributed by atoms with Crippen molar-refractivity contribution in [2.75, 3.05) is 5.75 Å². The minimum atomic E-state index is -2.39. The molecule has 29 heavy (non-hydrogen) atoms. The second-order valence-electron chi connectivity index (χ2n) is 8.14. The Balaban J connectivity index is 2.71. The molecule has 1 unspecified atom stereocenters. The maximum atomic E-state index is 11.9. The van der Waals surface area contributed by atoms with Crippen LogP contribution in [0.2, 0.25) is 0 Å². The van der Waals surface area contributed by atoms with E-state index in [-0.39, 0.29) is 5.41 Å². The number of hydrogen-bond donors (Lipinski definition) is 1. The number of rotatable bonds is 9. The highest BCUT2D eigenvalue weighted by Crippen LogP contribution is 2.40. The summed E-state index contributed by atoms with van der Waals surface area (Å²) in [7, 11) is 0. The highest BCUT2D eigenvalue weighted by Gasteiger charge is 2.26. The highest BCUT2D eigenvalue weighted by molar-refractivity contribution is 7.79. The Bertz CT molecular complexity index is 785. The van der Waals surface area contributed by atoms with Crippen molar-refractivity contribution < 1.29 is 18.4 Å². The van der Waals surface area contributed by atoms with Crippen molar-refractivity contribution >= 4 is 23.3 Å². The molecule has 0 aliphatic heterocycles. The van der Waals surface area contributed by atoms with Crippen molar-refractivity contribution in [2.45, 2.75) is 59.9 Å². The first kappa shape index (κ1) is 25.0. The lowest BCUT2D eigenvalue weighted by molar-refractivity contribution is -0.119.